The highest BCUT2D eigenvalue weighted by Gasteiger charge is 2.31. The minimum Gasteiger partial charge on any atom is -0.508 e. The van der Waals surface area contributed by atoms with E-state index >= 15 is 0 Å². The average molecular weight is 527 g/mol. The van der Waals surface area contributed by atoms with Crippen LogP contribution < -0.4 is 0 Å². The third-order valence-electron chi connectivity index (χ3n) is 10.0. The lowest BCUT2D eigenvalue weighted by Crippen LogP contribution is -2.12. The molecule has 0 unspecified atom stereocenters. The highest BCUT2D eigenvalue weighted by Crippen LogP contribution is 2.49. The van der Waals surface area contributed by atoms with Crippen LogP contribution in [0.15, 0.2) is 30.3 Å². The van der Waals surface area contributed by atoms with Crippen molar-refractivity contribution in [2.24, 2.45) is 0 Å². The molecule has 0 spiro atoms. The molecule has 0 aromatic heterocycles. The monoisotopic (exact) mass is 526 g/mol. The Balaban J connectivity index is 1.76. The molecule has 2 aliphatic carbocycles. The second-order valence-corrected chi connectivity index (χ2v) is 12.5. The Morgan fingerprint density at radius 2 is 0.949 bits per heavy atom. The Kier molecular flexibility index (Phi) is 7.99. The van der Waals surface area contributed by atoms with Gasteiger partial charge in [0.15, 0.2) is 0 Å². The van der Waals surface area contributed by atoms with Crippen molar-refractivity contribution in [2.75, 3.05) is 0 Å². The number of phenols is 3. The summed E-state index contributed by atoms with van der Waals surface area (Å²) in [5.41, 5.74) is 10.2. The fourth-order valence-corrected chi connectivity index (χ4v) is 7.45. The van der Waals surface area contributed by atoms with E-state index in [1.807, 2.05) is 26.0 Å². The number of aryl methyl sites for hydroxylation is 3. The van der Waals surface area contributed by atoms with E-state index in [-0.39, 0.29) is 17.2 Å². The minimum absolute atomic E-state index is 0.228. The van der Waals surface area contributed by atoms with Crippen LogP contribution in [0, 0.1) is 34.6 Å². The van der Waals surface area contributed by atoms with E-state index in [1.54, 1.807) is 0 Å². The standard InChI is InChI=1S/C36H46O3/c1-21-16-32(36(39)25(5)24(21)4)35(30-19-28(22(2)17-33(30)37)26-12-8-6-9-13-26)31-20-29(23(3)18-34(31)38)27-14-10-7-11-15-27/h16-20,26-27,35,37-39H,6-15H2,1-5H3. The molecule has 0 bridgehead atoms. The SMILES string of the molecule is Cc1cc(O)c(C(c2cc(C3CCCCC3)c(C)cc2O)c2cc(C)c(C)c(C)c2O)cc1C1CCCCC1. The molecule has 3 N–H and O–H groups in total. The Labute approximate surface area is 234 Å². The molecule has 0 heterocycles. The van der Waals surface area contributed by atoms with Crippen molar-refractivity contribution in [1.29, 1.82) is 0 Å². The van der Waals surface area contributed by atoms with Crippen molar-refractivity contribution in [2.45, 2.75) is 117 Å². The van der Waals surface area contributed by atoms with Crippen molar-refractivity contribution in [3.05, 3.63) is 86.0 Å². The molecular weight excluding hydrogens is 480 g/mol. The first-order chi connectivity index (χ1) is 18.7. The van der Waals surface area contributed by atoms with Crippen molar-refractivity contribution in [3.8, 4) is 17.2 Å². The number of benzene rings is 3. The lowest BCUT2D eigenvalue weighted by molar-refractivity contribution is 0.434. The predicted octanol–water partition coefficient (Wildman–Crippen LogP) is 9.62. The molecule has 5 rings (SSSR count). The summed E-state index contributed by atoms with van der Waals surface area (Å²) in [4.78, 5) is 0. The Morgan fingerprint density at radius 1 is 0.513 bits per heavy atom. The van der Waals surface area contributed by atoms with Crippen molar-refractivity contribution < 1.29 is 15.3 Å². The zero-order chi connectivity index (χ0) is 27.8. The molecule has 3 aromatic carbocycles. The highest BCUT2D eigenvalue weighted by atomic mass is 16.3. The van der Waals surface area contributed by atoms with Gasteiger partial charge < -0.3 is 15.3 Å². The van der Waals surface area contributed by atoms with E-state index in [1.165, 1.54) is 75.3 Å². The van der Waals surface area contributed by atoms with Crippen molar-refractivity contribution in [1.82, 2.24) is 0 Å². The first-order valence-electron chi connectivity index (χ1n) is 15.1. The quantitative estimate of drug-likeness (QED) is 0.290. The Morgan fingerprint density at radius 3 is 1.38 bits per heavy atom. The first-order valence-corrected chi connectivity index (χ1v) is 15.1. The van der Waals surface area contributed by atoms with E-state index in [9.17, 15) is 15.3 Å². The van der Waals surface area contributed by atoms with Crippen LogP contribution in [0.25, 0.3) is 0 Å². The minimum atomic E-state index is -0.478. The molecule has 0 amide bonds. The van der Waals surface area contributed by atoms with Gasteiger partial charge in [0.25, 0.3) is 0 Å². The van der Waals surface area contributed by atoms with Crippen LogP contribution in [-0.2, 0) is 0 Å². The molecule has 2 saturated carbocycles. The van der Waals surface area contributed by atoms with Gasteiger partial charge in [-0.3, -0.25) is 0 Å². The van der Waals surface area contributed by atoms with E-state index < -0.39 is 5.92 Å². The van der Waals surface area contributed by atoms with E-state index in [4.69, 9.17) is 0 Å². The van der Waals surface area contributed by atoms with E-state index in [0.29, 0.717) is 11.8 Å². The molecule has 0 radical (unpaired) electrons. The van der Waals surface area contributed by atoms with Crippen molar-refractivity contribution >= 4 is 0 Å². The molecule has 0 saturated heterocycles. The van der Waals surface area contributed by atoms with Gasteiger partial charge in [-0.05, 0) is 123 Å². The summed E-state index contributed by atoms with van der Waals surface area (Å²) >= 11 is 0. The van der Waals surface area contributed by atoms with Crippen LogP contribution in [-0.4, -0.2) is 15.3 Å². The van der Waals surface area contributed by atoms with E-state index in [0.717, 1.165) is 44.5 Å². The number of phenolic OH excluding ortho intramolecular Hbond substituents is 3. The van der Waals surface area contributed by atoms with Gasteiger partial charge >= 0.3 is 0 Å². The summed E-state index contributed by atoms with van der Waals surface area (Å²) in [6.45, 7) is 10.3. The smallest absolute Gasteiger partial charge is 0.122 e. The summed E-state index contributed by atoms with van der Waals surface area (Å²) in [6.07, 6.45) is 12.2. The molecule has 208 valence electrons. The molecule has 3 heteroatoms. The maximum Gasteiger partial charge on any atom is 0.122 e. The third kappa shape index (κ3) is 5.30. The number of rotatable bonds is 5. The second-order valence-electron chi connectivity index (χ2n) is 12.5. The van der Waals surface area contributed by atoms with Gasteiger partial charge in [0.2, 0.25) is 0 Å². The van der Waals surface area contributed by atoms with Gasteiger partial charge in [0.05, 0.1) is 0 Å². The molecule has 0 aliphatic heterocycles. The van der Waals surface area contributed by atoms with Crippen molar-refractivity contribution in [3.63, 3.8) is 0 Å². The third-order valence-corrected chi connectivity index (χ3v) is 10.0. The number of hydrogen-bond donors (Lipinski definition) is 3. The Bertz CT molecular complexity index is 1280. The van der Waals surface area contributed by atoms with Crippen LogP contribution in [0.2, 0.25) is 0 Å². The Hall–Kier alpha value is -2.94. The van der Waals surface area contributed by atoms with Gasteiger partial charge in [-0.1, -0.05) is 56.7 Å². The van der Waals surface area contributed by atoms with Crippen LogP contribution in [0.1, 0.15) is 138 Å². The van der Waals surface area contributed by atoms with Crippen LogP contribution in [0.3, 0.4) is 0 Å². The second kappa shape index (κ2) is 11.3. The van der Waals surface area contributed by atoms with Gasteiger partial charge in [-0.25, -0.2) is 0 Å². The summed E-state index contributed by atoms with van der Waals surface area (Å²) in [7, 11) is 0. The average Bonchev–Trinajstić information content (AvgIpc) is 2.93. The number of aromatic hydroxyl groups is 3. The summed E-state index contributed by atoms with van der Waals surface area (Å²) in [5.74, 6) is 1.20. The maximum absolute atomic E-state index is 11.6. The largest absolute Gasteiger partial charge is 0.508 e. The molecule has 39 heavy (non-hydrogen) atoms. The molecule has 3 aromatic rings. The van der Waals surface area contributed by atoms with Crippen LogP contribution in [0.5, 0.6) is 17.2 Å². The normalized spacial score (nSPS) is 17.2. The fraction of sp³-hybridized carbons (Fsp3) is 0.500. The molecule has 3 nitrogen and oxygen atoms in total. The summed E-state index contributed by atoms with van der Waals surface area (Å²) in [6, 6.07) is 10.3. The molecular formula is C36H46O3. The molecule has 2 fully saturated rings. The maximum atomic E-state index is 11.6. The number of hydrogen-bond acceptors (Lipinski definition) is 3. The fourth-order valence-electron chi connectivity index (χ4n) is 7.45. The van der Waals surface area contributed by atoms with Gasteiger partial charge in [-0.15, -0.1) is 0 Å². The van der Waals surface area contributed by atoms with Gasteiger partial charge in [-0.2, -0.15) is 0 Å². The highest BCUT2D eigenvalue weighted by molar-refractivity contribution is 5.62. The lowest BCUT2D eigenvalue weighted by atomic mass is 9.75. The topological polar surface area (TPSA) is 60.7 Å². The first kappa shape index (κ1) is 27.6. The van der Waals surface area contributed by atoms with Crippen LogP contribution in [0.4, 0.5) is 0 Å². The van der Waals surface area contributed by atoms with Gasteiger partial charge in [0.1, 0.15) is 17.2 Å². The lowest BCUT2D eigenvalue weighted by Gasteiger charge is -2.29. The van der Waals surface area contributed by atoms with Crippen LogP contribution >= 0.6 is 0 Å². The summed E-state index contributed by atoms with van der Waals surface area (Å²) in [5, 5.41) is 34.5. The molecule has 0 atom stereocenters. The zero-order valence-electron chi connectivity index (χ0n) is 24.5. The summed E-state index contributed by atoms with van der Waals surface area (Å²) < 4.78 is 0. The van der Waals surface area contributed by atoms with Gasteiger partial charge in [0, 0.05) is 22.6 Å². The zero-order valence-corrected chi connectivity index (χ0v) is 24.5. The molecule has 2 aliphatic rings. The van der Waals surface area contributed by atoms with E-state index in [2.05, 4.69) is 39.0 Å². The predicted molar refractivity (Wildman–Crippen MR) is 161 cm³/mol.